The van der Waals surface area contributed by atoms with Crippen molar-refractivity contribution in [3.8, 4) is 0 Å². The Bertz CT molecular complexity index is 1020. The lowest BCUT2D eigenvalue weighted by atomic mass is 10.0. The minimum absolute atomic E-state index is 0. The Hall–Kier alpha value is -2.14. The molecule has 1 fully saturated rings. The summed E-state index contributed by atoms with van der Waals surface area (Å²) in [7, 11) is 0. The number of halogens is 2. The van der Waals surface area contributed by atoms with Gasteiger partial charge in [0.2, 0.25) is 0 Å². The predicted molar refractivity (Wildman–Crippen MR) is 116 cm³/mol. The molecule has 1 aromatic heterocycles. The molecule has 0 saturated heterocycles. The molecule has 1 amide bonds. The molecule has 0 radical (unpaired) electrons. The Morgan fingerprint density at radius 1 is 1.04 bits per heavy atom. The molecule has 5 rings (SSSR count). The molecule has 28 heavy (non-hydrogen) atoms. The maximum atomic E-state index is 12.9. The van der Waals surface area contributed by atoms with E-state index < -0.39 is 0 Å². The van der Waals surface area contributed by atoms with Crippen molar-refractivity contribution in [2.45, 2.75) is 38.4 Å². The Morgan fingerprint density at radius 3 is 2.64 bits per heavy atom. The summed E-state index contributed by atoms with van der Waals surface area (Å²) in [6, 6.07) is 16.4. The van der Waals surface area contributed by atoms with Gasteiger partial charge in [0, 0.05) is 36.6 Å². The van der Waals surface area contributed by atoms with Gasteiger partial charge in [0.15, 0.2) is 0 Å². The van der Waals surface area contributed by atoms with Gasteiger partial charge in [-0.3, -0.25) is 9.78 Å². The molecule has 1 aliphatic carbocycles. The van der Waals surface area contributed by atoms with Gasteiger partial charge >= 0.3 is 0 Å². The molecular weight excluding hydrogens is 393 g/mol. The predicted octanol–water partition coefficient (Wildman–Crippen LogP) is 4.49. The standard InChI is InChI=1S/C22H21N3O.2ClH/c26-22(24-11-14-5-6-16-12-23-13-17(16)9-14)19-10-21(15-7-8-15)25-20-4-2-1-3-18(19)20;;/h1-6,9-10,15,23H,7-8,11-13H2,(H,24,26);2*1H. The summed E-state index contributed by atoms with van der Waals surface area (Å²) in [5, 5.41) is 7.38. The first-order valence-electron chi connectivity index (χ1n) is 9.27. The number of carbonyl (C=O) groups excluding carboxylic acids is 1. The SMILES string of the molecule is Cl.Cl.O=C(NCc1ccc2c(c1)CNC2)c1cc(C2CC2)nc2ccccc12. The van der Waals surface area contributed by atoms with E-state index in [-0.39, 0.29) is 30.7 Å². The molecule has 6 heteroatoms. The Labute approximate surface area is 177 Å². The van der Waals surface area contributed by atoms with E-state index in [1.54, 1.807) is 0 Å². The summed E-state index contributed by atoms with van der Waals surface area (Å²) in [4.78, 5) is 17.7. The Kier molecular flexibility index (Phi) is 6.23. The molecule has 0 spiro atoms. The number of amides is 1. The first-order valence-corrected chi connectivity index (χ1v) is 9.27. The highest BCUT2D eigenvalue weighted by atomic mass is 35.5. The summed E-state index contributed by atoms with van der Waals surface area (Å²) < 4.78 is 0. The number of carbonyl (C=O) groups is 1. The number of pyridine rings is 1. The van der Waals surface area contributed by atoms with Gasteiger partial charge in [-0.1, -0.05) is 36.4 Å². The molecule has 2 aliphatic rings. The van der Waals surface area contributed by atoms with Gasteiger partial charge in [-0.25, -0.2) is 0 Å². The lowest BCUT2D eigenvalue weighted by Crippen LogP contribution is -2.23. The molecule has 0 bridgehead atoms. The fourth-order valence-corrected chi connectivity index (χ4v) is 3.71. The number of aromatic nitrogens is 1. The number of hydrogen-bond acceptors (Lipinski definition) is 3. The first kappa shape index (κ1) is 20.6. The number of nitrogens with one attached hydrogen (secondary N) is 2. The molecule has 0 atom stereocenters. The van der Waals surface area contributed by atoms with Crippen LogP contribution in [-0.4, -0.2) is 10.9 Å². The fourth-order valence-electron chi connectivity index (χ4n) is 3.71. The van der Waals surface area contributed by atoms with E-state index in [1.165, 1.54) is 24.0 Å². The second kappa shape index (κ2) is 8.48. The zero-order valence-electron chi connectivity index (χ0n) is 15.4. The van der Waals surface area contributed by atoms with Crippen LogP contribution in [0, 0.1) is 0 Å². The van der Waals surface area contributed by atoms with E-state index in [1.807, 2.05) is 30.3 Å². The van der Waals surface area contributed by atoms with E-state index >= 15 is 0 Å². The highest BCUT2D eigenvalue weighted by Crippen LogP contribution is 2.40. The highest BCUT2D eigenvalue weighted by molar-refractivity contribution is 6.06. The van der Waals surface area contributed by atoms with Gasteiger partial charge in [0.05, 0.1) is 11.1 Å². The van der Waals surface area contributed by atoms with Crippen LogP contribution < -0.4 is 10.6 Å². The highest BCUT2D eigenvalue weighted by Gasteiger charge is 2.26. The molecule has 4 nitrogen and oxygen atoms in total. The van der Waals surface area contributed by atoms with Crippen LogP contribution in [0.15, 0.2) is 48.5 Å². The lowest BCUT2D eigenvalue weighted by molar-refractivity contribution is 0.0952. The van der Waals surface area contributed by atoms with Gasteiger partial charge in [0.25, 0.3) is 5.91 Å². The van der Waals surface area contributed by atoms with Crippen molar-refractivity contribution in [3.63, 3.8) is 0 Å². The van der Waals surface area contributed by atoms with E-state index in [0.29, 0.717) is 12.5 Å². The maximum absolute atomic E-state index is 12.9. The number of fused-ring (bicyclic) bond motifs is 2. The topological polar surface area (TPSA) is 54.0 Å². The second-order valence-electron chi connectivity index (χ2n) is 7.28. The largest absolute Gasteiger partial charge is 0.348 e. The van der Waals surface area contributed by atoms with Gasteiger partial charge < -0.3 is 10.6 Å². The third-order valence-electron chi connectivity index (χ3n) is 5.33. The first-order chi connectivity index (χ1) is 12.8. The third kappa shape index (κ3) is 4.00. The monoisotopic (exact) mass is 415 g/mol. The fraction of sp³-hybridized carbons (Fsp3) is 0.273. The minimum Gasteiger partial charge on any atom is -0.348 e. The van der Waals surface area contributed by atoms with Crippen molar-refractivity contribution in [2.75, 3.05) is 0 Å². The van der Waals surface area contributed by atoms with Crippen molar-refractivity contribution in [2.24, 2.45) is 0 Å². The normalized spacial score (nSPS) is 14.7. The van der Waals surface area contributed by atoms with Crippen LogP contribution in [-0.2, 0) is 19.6 Å². The lowest BCUT2D eigenvalue weighted by Gasteiger charge is -2.11. The zero-order valence-corrected chi connectivity index (χ0v) is 17.0. The third-order valence-corrected chi connectivity index (χ3v) is 5.33. The van der Waals surface area contributed by atoms with Gasteiger partial charge in [-0.05, 0) is 41.7 Å². The molecule has 2 aromatic carbocycles. The van der Waals surface area contributed by atoms with Crippen LogP contribution in [0.4, 0.5) is 0 Å². The molecule has 1 saturated carbocycles. The molecular formula is C22H23Cl2N3O. The molecule has 1 aliphatic heterocycles. The van der Waals surface area contributed by atoms with E-state index in [4.69, 9.17) is 4.98 Å². The summed E-state index contributed by atoms with van der Waals surface area (Å²) in [5.41, 5.74) is 6.53. The van der Waals surface area contributed by atoms with Crippen LogP contribution in [0.2, 0.25) is 0 Å². The van der Waals surface area contributed by atoms with Gasteiger partial charge in [-0.15, -0.1) is 24.8 Å². The quantitative estimate of drug-likeness (QED) is 0.659. The molecule has 0 unspecified atom stereocenters. The van der Waals surface area contributed by atoms with Crippen molar-refractivity contribution in [3.05, 3.63) is 76.5 Å². The van der Waals surface area contributed by atoms with Crippen molar-refractivity contribution >= 4 is 41.6 Å². The van der Waals surface area contributed by atoms with Crippen LogP contribution >= 0.6 is 24.8 Å². The average molecular weight is 416 g/mol. The molecule has 2 heterocycles. The summed E-state index contributed by atoms with van der Waals surface area (Å²) in [5.74, 6) is 0.500. The van der Waals surface area contributed by atoms with E-state index in [0.717, 1.165) is 40.8 Å². The van der Waals surface area contributed by atoms with Gasteiger partial charge in [-0.2, -0.15) is 0 Å². The number of hydrogen-bond donors (Lipinski definition) is 2. The maximum Gasteiger partial charge on any atom is 0.252 e. The number of nitrogens with zero attached hydrogens (tertiary/aromatic N) is 1. The molecule has 3 aromatic rings. The second-order valence-corrected chi connectivity index (χ2v) is 7.28. The number of rotatable bonds is 4. The van der Waals surface area contributed by atoms with E-state index in [2.05, 4.69) is 28.8 Å². The summed E-state index contributed by atoms with van der Waals surface area (Å²) in [6.07, 6.45) is 2.35. The smallest absolute Gasteiger partial charge is 0.252 e. The van der Waals surface area contributed by atoms with Crippen molar-refractivity contribution in [1.29, 1.82) is 0 Å². The summed E-state index contributed by atoms with van der Waals surface area (Å²) >= 11 is 0. The van der Waals surface area contributed by atoms with Crippen LogP contribution in [0.5, 0.6) is 0 Å². The Morgan fingerprint density at radius 2 is 1.82 bits per heavy atom. The van der Waals surface area contributed by atoms with Crippen LogP contribution in [0.1, 0.15) is 51.5 Å². The molecule has 146 valence electrons. The number of para-hydroxylation sites is 1. The minimum atomic E-state index is -0.0240. The van der Waals surface area contributed by atoms with Crippen LogP contribution in [0.3, 0.4) is 0 Å². The van der Waals surface area contributed by atoms with E-state index in [9.17, 15) is 4.79 Å². The van der Waals surface area contributed by atoms with Crippen LogP contribution in [0.25, 0.3) is 10.9 Å². The van der Waals surface area contributed by atoms with Crippen molar-refractivity contribution < 1.29 is 4.79 Å². The Balaban J connectivity index is 0.00000112. The average Bonchev–Trinajstić information content (AvgIpc) is 3.43. The summed E-state index contributed by atoms with van der Waals surface area (Å²) in [6.45, 7) is 2.40. The zero-order chi connectivity index (χ0) is 17.5. The van der Waals surface area contributed by atoms with Gasteiger partial charge in [0.1, 0.15) is 0 Å². The number of benzene rings is 2. The van der Waals surface area contributed by atoms with Crippen molar-refractivity contribution in [1.82, 2.24) is 15.6 Å². The molecule has 2 N–H and O–H groups in total.